The Bertz CT molecular complexity index is 855. The van der Waals surface area contributed by atoms with E-state index >= 15 is 0 Å². The monoisotopic (exact) mass is 305 g/mol. The molecule has 0 saturated heterocycles. The van der Waals surface area contributed by atoms with E-state index in [0.29, 0.717) is 16.3 Å². The number of hydrogen-bond acceptors (Lipinski definition) is 5. The third kappa shape index (κ3) is 2.49. The molecule has 0 aliphatic carbocycles. The number of H-pyrrole nitrogens is 1. The molecule has 3 rings (SSSR count). The highest BCUT2D eigenvalue weighted by Gasteiger charge is 2.13. The number of thioether (sulfide) groups is 1. The summed E-state index contributed by atoms with van der Waals surface area (Å²) >= 11 is 1.34. The van der Waals surface area contributed by atoms with Gasteiger partial charge in [0.1, 0.15) is 11.3 Å². The number of nitrogens with zero attached hydrogens (tertiary/aromatic N) is 3. The summed E-state index contributed by atoms with van der Waals surface area (Å²) in [5.41, 5.74) is 7.16. The second kappa shape index (κ2) is 5.21. The molecular weight excluding hydrogens is 293 g/mol. The first kappa shape index (κ1) is 13.6. The van der Waals surface area contributed by atoms with Gasteiger partial charge >= 0.3 is 5.69 Å². The highest BCUT2D eigenvalue weighted by Crippen LogP contribution is 2.19. The van der Waals surface area contributed by atoms with Crippen molar-refractivity contribution in [1.82, 2.24) is 19.5 Å². The molecule has 0 aliphatic heterocycles. The Hall–Kier alpha value is -2.35. The van der Waals surface area contributed by atoms with Gasteiger partial charge < -0.3 is 10.7 Å². The highest BCUT2D eigenvalue weighted by atomic mass is 32.2. The van der Waals surface area contributed by atoms with E-state index < -0.39 is 0 Å². The van der Waals surface area contributed by atoms with Crippen LogP contribution < -0.4 is 11.4 Å². The second-order valence-corrected chi connectivity index (χ2v) is 5.21. The number of fused-ring (bicyclic) bond motifs is 1. The molecule has 1 aromatic carbocycles. The summed E-state index contributed by atoms with van der Waals surface area (Å²) in [6.45, 7) is 0.281. The van der Waals surface area contributed by atoms with Crippen LogP contribution in [0.4, 0.5) is 10.2 Å². The van der Waals surface area contributed by atoms with Gasteiger partial charge in [0, 0.05) is 0 Å². The van der Waals surface area contributed by atoms with Gasteiger partial charge in [0.2, 0.25) is 0 Å². The number of aromatic amines is 1. The first-order valence-corrected chi connectivity index (χ1v) is 7.35. The molecule has 0 spiro atoms. The second-order valence-electron chi connectivity index (χ2n) is 4.44. The summed E-state index contributed by atoms with van der Waals surface area (Å²) in [7, 11) is 0. The van der Waals surface area contributed by atoms with Crippen LogP contribution in [-0.4, -0.2) is 25.8 Å². The Balaban J connectivity index is 2.13. The molecule has 0 amide bonds. The highest BCUT2D eigenvalue weighted by molar-refractivity contribution is 7.98. The predicted molar refractivity (Wildman–Crippen MR) is 79.8 cm³/mol. The van der Waals surface area contributed by atoms with Crippen molar-refractivity contribution in [2.75, 3.05) is 12.0 Å². The van der Waals surface area contributed by atoms with Crippen molar-refractivity contribution in [2.45, 2.75) is 11.7 Å². The lowest BCUT2D eigenvalue weighted by atomic mass is 10.2. The number of nitrogen functional groups attached to an aromatic ring is 1. The lowest BCUT2D eigenvalue weighted by Gasteiger charge is -2.04. The Kier molecular flexibility index (Phi) is 3.38. The van der Waals surface area contributed by atoms with Gasteiger partial charge in [-0.15, -0.1) is 0 Å². The smallest absolute Gasteiger partial charge is 0.328 e. The summed E-state index contributed by atoms with van der Waals surface area (Å²) in [4.78, 5) is 23.1. The quantitative estimate of drug-likeness (QED) is 0.567. The topological polar surface area (TPSA) is 89.6 Å². The minimum absolute atomic E-state index is 0.235. The van der Waals surface area contributed by atoms with Crippen LogP contribution in [0.15, 0.2) is 34.2 Å². The van der Waals surface area contributed by atoms with Crippen LogP contribution in [-0.2, 0) is 6.54 Å². The summed E-state index contributed by atoms with van der Waals surface area (Å²) in [5.74, 6) is -0.0828. The van der Waals surface area contributed by atoms with Crippen LogP contribution in [0.25, 0.3) is 11.2 Å². The van der Waals surface area contributed by atoms with Crippen LogP contribution in [0.2, 0.25) is 0 Å². The first-order valence-electron chi connectivity index (χ1n) is 6.13. The Morgan fingerprint density at radius 3 is 2.71 bits per heavy atom. The van der Waals surface area contributed by atoms with Crippen molar-refractivity contribution in [1.29, 1.82) is 0 Å². The summed E-state index contributed by atoms with van der Waals surface area (Å²) < 4.78 is 14.4. The van der Waals surface area contributed by atoms with E-state index in [1.54, 1.807) is 12.1 Å². The number of nitrogens with two attached hydrogens (primary N) is 1. The largest absolute Gasteiger partial charge is 0.382 e. The van der Waals surface area contributed by atoms with E-state index in [-0.39, 0.29) is 23.9 Å². The van der Waals surface area contributed by atoms with E-state index in [2.05, 4.69) is 15.0 Å². The Morgan fingerprint density at radius 1 is 1.33 bits per heavy atom. The Morgan fingerprint density at radius 2 is 2.05 bits per heavy atom. The Labute approximate surface area is 123 Å². The zero-order valence-corrected chi connectivity index (χ0v) is 11.9. The number of anilines is 1. The van der Waals surface area contributed by atoms with Crippen LogP contribution >= 0.6 is 11.8 Å². The molecule has 0 radical (unpaired) electrons. The van der Waals surface area contributed by atoms with Crippen molar-refractivity contribution in [2.24, 2.45) is 0 Å². The van der Waals surface area contributed by atoms with E-state index in [0.717, 1.165) is 5.56 Å². The molecule has 3 aromatic rings. The molecular formula is C13H12FN5OS. The van der Waals surface area contributed by atoms with E-state index in [4.69, 9.17) is 5.73 Å². The van der Waals surface area contributed by atoms with Crippen molar-refractivity contribution in [3.8, 4) is 0 Å². The van der Waals surface area contributed by atoms with E-state index in [1.165, 1.54) is 28.5 Å². The summed E-state index contributed by atoms with van der Waals surface area (Å²) in [6.07, 6.45) is 1.83. The fourth-order valence-electron chi connectivity index (χ4n) is 2.04. The summed E-state index contributed by atoms with van der Waals surface area (Å²) in [6, 6.07) is 5.96. The third-order valence-corrected chi connectivity index (χ3v) is 3.61. The van der Waals surface area contributed by atoms with Gasteiger partial charge in [-0.2, -0.15) is 0 Å². The molecule has 0 fully saturated rings. The van der Waals surface area contributed by atoms with Crippen molar-refractivity contribution >= 4 is 28.7 Å². The van der Waals surface area contributed by atoms with Crippen molar-refractivity contribution in [3.63, 3.8) is 0 Å². The summed E-state index contributed by atoms with van der Waals surface area (Å²) in [5, 5.41) is 0.492. The van der Waals surface area contributed by atoms with Crippen molar-refractivity contribution < 1.29 is 4.39 Å². The molecule has 0 bridgehead atoms. The number of imidazole rings is 1. The van der Waals surface area contributed by atoms with Gasteiger partial charge in [0.25, 0.3) is 0 Å². The molecule has 21 heavy (non-hydrogen) atoms. The maximum absolute atomic E-state index is 12.9. The van der Waals surface area contributed by atoms with Gasteiger partial charge in [-0.05, 0) is 24.0 Å². The standard InChI is InChI=1S/C13H12FN5OS/c1-21-12-17-10(15)9-11(18-12)19(13(20)16-9)6-7-2-4-8(14)5-3-7/h2-5H,6H2,1H3,(H,16,20)(H2,15,17,18). The molecule has 3 N–H and O–H groups in total. The maximum atomic E-state index is 12.9. The molecule has 2 aromatic heterocycles. The minimum Gasteiger partial charge on any atom is -0.382 e. The zero-order valence-electron chi connectivity index (χ0n) is 11.1. The van der Waals surface area contributed by atoms with Crippen LogP contribution in [0, 0.1) is 5.82 Å². The molecule has 108 valence electrons. The van der Waals surface area contributed by atoms with Gasteiger partial charge in [-0.3, -0.25) is 4.57 Å². The maximum Gasteiger partial charge on any atom is 0.328 e. The number of benzene rings is 1. The predicted octanol–water partition coefficient (Wildman–Crippen LogP) is 1.61. The SMILES string of the molecule is CSc1nc(N)c2[nH]c(=O)n(Cc3ccc(F)cc3)c2n1. The fourth-order valence-corrected chi connectivity index (χ4v) is 2.41. The molecule has 8 heteroatoms. The molecule has 2 heterocycles. The van der Waals surface area contributed by atoms with Crippen LogP contribution in [0.1, 0.15) is 5.56 Å². The van der Waals surface area contributed by atoms with Crippen molar-refractivity contribution in [3.05, 3.63) is 46.1 Å². The molecule has 0 saturated carbocycles. The molecule has 0 atom stereocenters. The zero-order chi connectivity index (χ0) is 15.0. The lowest BCUT2D eigenvalue weighted by Crippen LogP contribution is -2.17. The average Bonchev–Trinajstić information content (AvgIpc) is 2.78. The third-order valence-electron chi connectivity index (χ3n) is 3.07. The van der Waals surface area contributed by atoms with Gasteiger partial charge in [-0.25, -0.2) is 19.2 Å². The number of rotatable bonds is 3. The molecule has 0 aliphatic rings. The van der Waals surface area contributed by atoms with Crippen LogP contribution in [0.5, 0.6) is 0 Å². The first-order chi connectivity index (χ1) is 10.1. The normalized spacial score (nSPS) is 11.1. The minimum atomic E-state index is -0.325. The van der Waals surface area contributed by atoms with Gasteiger partial charge in [-0.1, -0.05) is 23.9 Å². The number of hydrogen-bond donors (Lipinski definition) is 2. The number of halogens is 1. The van der Waals surface area contributed by atoms with Crippen LogP contribution in [0.3, 0.4) is 0 Å². The van der Waals surface area contributed by atoms with E-state index in [1.807, 2.05) is 6.26 Å². The average molecular weight is 305 g/mol. The van der Waals surface area contributed by atoms with E-state index in [9.17, 15) is 9.18 Å². The van der Waals surface area contributed by atoms with Gasteiger partial charge in [0.15, 0.2) is 16.6 Å². The number of nitrogens with one attached hydrogen (secondary N) is 1. The molecule has 0 unspecified atom stereocenters. The lowest BCUT2D eigenvalue weighted by molar-refractivity contribution is 0.626. The molecule has 6 nitrogen and oxygen atoms in total. The fraction of sp³-hybridized carbons (Fsp3) is 0.154. The van der Waals surface area contributed by atoms with Gasteiger partial charge in [0.05, 0.1) is 6.54 Å². The number of aromatic nitrogens is 4.